The van der Waals surface area contributed by atoms with Gasteiger partial charge >= 0.3 is 0 Å². The predicted octanol–water partition coefficient (Wildman–Crippen LogP) is 4.26. The van der Waals surface area contributed by atoms with E-state index in [4.69, 9.17) is 0 Å². The van der Waals surface area contributed by atoms with Gasteiger partial charge in [0.25, 0.3) is 0 Å². The van der Waals surface area contributed by atoms with Crippen LogP contribution in [0.15, 0.2) is 48.8 Å². The Morgan fingerprint density at radius 2 is 1.75 bits per heavy atom. The average molecular weight is 211 g/mol. The highest BCUT2D eigenvalue weighted by Crippen LogP contribution is 2.27. The number of rotatable bonds is 1. The molecule has 0 fully saturated rings. The molecule has 2 aromatic carbocycles. The standard InChI is InChI=1S/C14H10FN/c15-9-8-10-4-3-6-12-11-5-1-2-7-13(11)16-14(10)12/h1-9,16H. The number of fused-ring (bicyclic) bond motifs is 3. The number of H-pyrrole nitrogens is 1. The van der Waals surface area contributed by atoms with Crippen molar-refractivity contribution in [3.63, 3.8) is 0 Å². The second kappa shape index (κ2) is 3.49. The smallest absolute Gasteiger partial charge is 0.0873 e. The number of para-hydroxylation sites is 2. The zero-order valence-corrected chi connectivity index (χ0v) is 8.57. The molecule has 0 aliphatic rings. The quantitative estimate of drug-likeness (QED) is 0.619. The molecule has 1 nitrogen and oxygen atoms in total. The fraction of sp³-hybridized carbons (Fsp3) is 0. The molecule has 0 unspecified atom stereocenters. The largest absolute Gasteiger partial charge is 0.354 e. The molecule has 1 aromatic heterocycles. The zero-order chi connectivity index (χ0) is 11.0. The van der Waals surface area contributed by atoms with Crippen LogP contribution in [-0.4, -0.2) is 4.98 Å². The van der Waals surface area contributed by atoms with Crippen molar-refractivity contribution in [3.8, 4) is 0 Å². The third kappa shape index (κ3) is 1.23. The summed E-state index contributed by atoms with van der Waals surface area (Å²) in [6.07, 6.45) is 2.04. The molecule has 3 rings (SSSR count). The van der Waals surface area contributed by atoms with Gasteiger partial charge in [-0.2, -0.15) is 0 Å². The van der Waals surface area contributed by atoms with Crippen molar-refractivity contribution in [1.29, 1.82) is 0 Å². The van der Waals surface area contributed by atoms with E-state index in [2.05, 4.69) is 11.1 Å². The van der Waals surface area contributed by atoms with Crippen molar-refractivity contribution in [2.75, 3.05) is 0 Å². The molecule has 0 radical (unpaired) electrons. The van der Waals surface area contributed by atoms with Crippen LogP contribution in [0, 0.1) is 0 Å². The van der Waals surface area contributed by atoms with Crippen LogP contribution in [0.25, 0.3) is 27.9 Å². The van der Waals surface area contributed by atoms with Gasteiger partial charge in [-0.3, -0.25) is 0 Å². The van der Waals surface area contributed by atoms with Gasteiger partial charge in [0.1, 0.15) is 0 Å². The number of nitrogens with one attached hydrogen (secondary N) is 1. The molecule has 0 atom stereocenters. The number of aromatic nitrogens is 1. The maximum Gasteiger partial charge on any atom is 0.0873 e. The van der Waals surface area contributed by atoms with Gasteiger partial charge in [-0.05, 0) is 12.1 Å². The molecule has 78 valence electrons. The van der Waals surface area contributed by atoms with Crippen LogP contribution in [0.4, 0.5) is 4.39 Å². The normalized spacial score (nSPS) is 11.8. The molecule has 1 heterocycles. The van der Waals surface area contributed by atoms with Crippen molar-refractivity contribution in [2.24, 2.45) is 0 Å². The summed E-state index contributed by atoms with van der Waals surface area (Å²) >= 11 is 0. The second-order valence-electron chi connectivity index (χ2n) is 3.73. The summed E-state index contributed by atoms with van der Waals surface area (Å²) in [4.78, 5) is 3.31. The van der Waals surface area contributed by atoms with Gasteiger partial charge in [-0.1, -0.05) is 36.4 Å². The first-order valence-electron chi connectivity index (χ1n) is 5.16. The number of hydrogen-bond acceptors (Lipinski definition) is 0. The molecular weight excluding hydrogens is 201 g/mol. The first-order valence-corrected chi connectivity index (χ1v) is 5.16. The summed E-state index contributed by atoms with van der Waals surface area (Å²) in [5.41, 5.74) is 2.94. The molecule has 0 spiro atoms. The lowest BCUT2D eigenvalue weighted by molar-refractivity contribution is 0.727. The van der Waals surface area contributed by atoms with Gasteiger partial charge in [-0.15, -0.1) is 0 Å². The summed E-state index contributed by atoms with van der Waals surface area (Å²) < 4.78 is 12.3. The van der Waals surface area contributed by atoms with E-state index < -0.39 is 0 Å². The maximum atomic E-state index is 12.3. The Morgan fingerprint density at radius 3 is 2.62 bits per heavy atom. The summed E-state index contributed by atoms with van der Waals surface area (Å²) in [7, 11) is 0. The van der Waals surface area contributed by atoms with Gasteiger partial charge < -0.3 is 4.98 Å². The number of benzene rings is 2. The lowest BCUT2D eigenvalue weighted by atomic mass is 10.1. The minimum atomic E-state index is 0.570. The minimum Gasteiger partial charge on any atom is -0.354 e. The molecule has 0 amide bonds. The molecule has 0 aliphatic heterocycles. The van der Waals surface area contributed by atoms with Gasteiger partial charge in [-0.25, -0.2) is 4.39 Å². The van der Waals surface area contributed by atoms with Crippen LogP contribution in [0.5, 0.6) is 0 Å². The number of hydrogen-bond donors (Lipinski definition) is 1. The first kappa shape index (κ1) is 9.16. The molecule has 0 saturated heterocycles. The molecule has 0 bridgehead atoms. The van der Waals surface area contributed by atoms with E-state index in [0.717, 1.165) is 22.0 Å². The lowest BCUT2D eigenvalue weighted by Gasteiger charge is -1.95. The highest BCUT2D eigenvalue weighted by molar-refractivity contribution is 6.09. The van der Waals surface area contributed by atoms with E-state index in [9.17, 15) is 4.39 Å². The monoisotopic (exact) mass is 211 g/mol. The first-order chi connectivity index (χ1) is 7.90. The summed E-state index contributed by atoms with van der Waals surface area (Å²) in [6.45, 7) is 0. The van der Waals surface area contributed by atoms with E-state index in [-0.39, 0.29) is 0 Å². The maximum absolute atomic E-state index is 12.3. The van der Waals surface area contributed by atoms with Gasteiger partial charge in [0.15, 0.2) is 0 Å². The van der Waals surface area contributed by atoms with E-state index in [1.165, 1.54) is 11.5 Å². The van der Waals surface area contributed by atoms with Crippen molar-refractivity contribution in [1.82, 2.24) is 4.98 Å². The van der Waals surface area contributed by atoms with Crippen LogP contribution < -0.4 is 0 Å². The van der Waals surface area contributed by atoms with Crippen LogP contribution in [0.3, 0.4) is 0 Å². The Kier molecular flexibility index (Phi) is 2.00. The van der Waals surface area contributed by atoms with Crippen molar-refractivity contribution >= 4 is 27.9 Å². The van der Waals surface area contributed by atoms with Crippen molar-refractivity contribution in [2.45, 2.75) is 0 Å². The van der Waals surface area contributed by atoms with E-state index >= 15 is 0 Å². The summed E-state index contributed by atoms with van der Waals surface area (Å²) in [5, 5.41) is 2.30. The zero-order valence-electron chi connectivity index (χ0n) is 8.57. The molecule has 0 saturated carbocycles. The van der Waals surface area contributed by atoms with Crippen LogP contribution in [-0.2, 0) is 0 Å². The van der Waals surface area contributed by atoms with E-state index in [1.54, 1.807) is 0 Å². The lowest BCUT2D eigenvalue weighted by Crippen LogP contribution is -1.74. The van der Waals surface area contributed by atoms with Crippen molar-refractivity contribution in [3.05, 3.63) is 54.4 Å². The van der Waals surface area contributed by atoms with Crippen LogP contribution in [0.1, 0.15) is 5.56 Å². The van der Waals surface area contributed by atoms with Crippen molar-refractivity contribution < 1.29 is 4.39 Å². The summed E-state index contributed by atoms with van der Waals surface area (Å²) in [5.74, 6) is 0. The molecule has 2 heteroatoms. The van der Waals surface area contributed by atoms with E-state index in [0.29, 0.717) is 6.33 Å². The fourth-order valence-corrected chi connectivity index (χ4v) is 2.10. The van der Waals surface area contributed by atoms with Gasteiger partial charge in [0, 0.05) is 21.9 Å². The van der Waals surface area contributed by atoms with Gasteiger partial charge in [0.05, 0.1) is 11.8 Å². The second-order valence-corrected chi connectivity index (χ2v) is 3.73. The van der Waals surface area contributed by atoms with E-state index in [1.807, 2.05) is 36.4 Å². The Bertz CT molecular complexity index is 679. The Labute approximate surface area is 92.2 Å². The Hall–Kier alpha value is -2.09. The minimum absolute atomic E-state index is 0.570. The third-order valence-electron chi connectivity index (χ3n) is 2.82. The summed E-state index contributed by atoms with van der Waals surface area (Å²) in [6, 6.07) is 14.0. The van der Waals surface area contributed by atoms with Gasteiger partial charge in [0.2, 0.25) is 0 Å². The topological polar surface area (TPSA) is 15.8 Å². The van der Waals surface area contributed by atoms with Crippen LogP contribution in [0.2, 0.25) is 0 Å². The molecular formula is C14H10FN. The predicted molar refractivity (Wildman–Crippen MR) is 65.9 cm³/mol. The highest BCUT2D eigenvalue weighted by atomic mass is 19.1. The molecule has 3 aromatic rings. The number of halogens is 1. The third-order valence-corrected chi connectivity index (χ3v) is 2.82. The fourth-order valence-electron chi connectivity index (χ4n) is 2.10. The highest BCUT2D eigenvalue weighted by Gasteiger charge is 2.05. The Morgan fingerprint density at radius 1 is 0.938 bits per heavy atom. The molecule has 16 heavy (non-hydrogen) atoms. The number of aromatic amines is 1. The average Bonchev–Trinajstić information content (AvgIpc) is 2.69. The molecule has 0 aliphatic carbocycles. The molecule has 1 N–H and O–H groups in total. The SMILES string of the molecule is FC=Cc1cccc2c1[nH]c1ccccc12. The van der Waals surface area contributed by atoms with Crippen LogP contribution >= 0.6 is 0 Å². The Balaban J connectivity index is 2.48.